The predicted octanol–water partition coefficient (Wildman–Crippen LogP) is 5.72. The van der Waals surface area contributed by atoms with Gasteiger partial charge in [-0.2, -0.15) is 0 Å². The molecule has 0 saturated carbocycles. The lowest BCUT2D eigenvalue weighted by Gasteiger charge is -2.29. The minimum absolute atomic E-state index is 0.144. The summed E-state index contributed by atoms with van der Waals surface area (Å²) in [4.78, 5) is 0. The van der Waals surface area contributed by atoms with Crippen molar-refractivity contribution in [1.29, 1.82) is 0 Å². The number of hydrogen-bond donors (Lipinski definition) is 0. The molecule has 0 heterocycles. The molecule has 0 amide bonds. The maximum absolute atomic E-state index is 4.27. The van der Waals surface area contributed by atoms with Gasteiger partial charge in [0.1, 0.15) is 0 Å². The van der Waals surface area contributed by atoms with Crippen LogP contribution in [-0.4, -0.2) is 0 Å². The van der Waals surface area contributed by atoms with E-state index in [2.05, 4.69) is 51.4 Å². The second-order valence-electron chi connectivity index (χ2n) is 5.36. The molecule has 0 spiro atoms. The van der Waals surface area contributed by atoms with Gasteiger partial charge in [0.15, 0.2) is 0 Å². The monoisotopic (exact) mass is 262 g/mol. The number of benzene rings is 1. The van der Waals surface area contributed by atoms with Gasteiger partial charge in [0.2, 0.25) is 0 Å². The zero-order chi connectivity index (χ0) is 14.7. The molecule has 0 aliphatic heterocycles. The second-order valence-corrected chi connectivity index (χ2v) is 5.36. The van der Waals surface area contributed by atoms with Crippen LogP contribution < -0.4 is 0 Å². The van der Waals surface area contributed by atoms with Crippen molar-refractivity contribution < 1.29 is 0 Å². The highest BCUT2D eigenvalue weighted by Gasteiger charge is 2.25. The molecule has 102 valence electrons. The normalized spacial score (nSPS) is 18.6. The standard InChI is InChI=1S/C20H22/c1-6-14(2)19-12-15(3)20(16(4)13-19)17(5)18-10-8-7-9-11-18/h7-12,20H,2-6,13H2,1H3. The molecule has 0 saturated heterocycles. The minimum atomic E-state index is 0.144. The van der Waals surface area contributed by atoms with Crippen LogP contribution >= 0.6 is 0 Å². The van der Waals surface area contributed by atoms with Crippen molar-refractivity contribution in [1.82, 2.24) is 0 Å². The third-order valence-corrected chi connectivity index (χ3v) is 3.93. The lowest BCUT2D eigenvalue weighted by molar-refractivity contribution is 0.853. The Morgan fingerprint density at radius 3 is 2.35 bits per heavy atom. The molecule has 1 aliphatic carbocycles. The predicted molar refractivity (Wildman–Crippen MR) is 89.4 cm³/mol. The second kappa shape index (κ2) is 5.92. The van der Waals surface area contributed by atoms with Crippen LogP contribution in [0.1, 0.15) is 25.3 Å². The quantitative estimate of drug-likeness (QED) is 0.608. The Balaban J connectivity index is 2.29. The van der Waals surface area contributed by atoms with Gasteiger partial charge in [0.25, 0.3) is 0 Å². The highest BCUT2D eigenvalue weighted by atomic mass is 14.3. The first-order valence-electron chi connectivity index (χ1n) is 7.04. The lowest BCUT2D eigenvalue weighted by Crippen LogP contribution is -2.13. The Bertz CT molecular complexity index is 596. The van der Waals surface area contributed by atoms with E-state index < -0.39 is 0 Å². The minimum Gasteiger partial charge on any atom is -0.0986 e. The zero-order valence-corrected chi connectivity index (χ0v) is 12.3. The van der Waals surface area contributed by atoms with Crippen molar-refractivity contribution in [2.24, 2.45) is 5.92 Å². The van der Waals surface area contributed by atoms with E-state index in [9.17, 15) is 0 Å². The summed E-state index contributed by atoms with van der Waals surface area (Å²) in [5, 5.41) is 0. The number of hydrogen-bond acceptors (Lipinski definition) is 0. The van der Waals surface area contributed by atoms with Crippen LogP contribution in [0.4, 0.5) is 0 Å². The van der Waals surface area contributed by atoms with Crippen molar-refractivity contribution in [3.63, 3.8) is 0 Å². The van der Waals surface area contributed by atoms with Crippen molar-refractivity contribution in [2.75, 3.05) is 0 Å². The summed E-state index contributed by atoms with van der Waals surface area (Å²) in [6.07, 6.45) is 4.01. The van der Waals surface area contributed by atoms with E-state index in [0.717, 1.165) is 35.1 Å². The molecule has 0 radical (unpaired) electrons. The van der Waals surface area contributed by atoms with E-state index in [-0.39, 0.29) is 5.92 Å². The molecule has 0 heteroatoms. The summed E-state index contributed by atoms with van der Waals surface area (Å²) in [6, 6.07) is 10.3. The smallest absolute Gasteiger partial charge is 0.0293 e. The van der Waals surface area contributed by atoms with Gasteiger partial charge in [-0.05, 0) is 35.1 Å². The Morgan fingerprint density at radius 2 is 1.80 bits per heavy atom. The first-order chi connectivity index (χ1) is 9.54. The molecule has 0 bridgehead atoms. The Morgan fingerprint density at radius 1 is 1.15 bits per heavy atom. The molecule has 1 aromatic carbocycles. The fourth-order valence-corrected chi connectivity index (χ4v) is 2.71. The fourth-order valence-electron chi connectivity index (χ4n) is 2.71. The first-order valence-corrected chi connectivity index (χ1v) is 7.04. The Labute approximate surface area is 122 Å². The van der Waals surface area contributed by atoms with E-state index in [1.807, 2.05) is 18.2 Å². The molecule has 20 heavy (non-hydrogen) atoms. The van der Waals surface area contributed by atoms with Crippen LogP contribution in [0.25, 0.3) is 5.57 Å². The molecular formula is C20H22. The van der Waals surface area contributed by atoms with Crippen LogP contribution in [0.3, 0.4) is 0 Å². The molecule has 0 nitrogen and oxygen atoms in total. The van der Waals surface area contributed by atoms with Gasteiger partial charge in [-0.3, -0.25) is 0 Å². The van der Waals surface area contributed by atoms with Crippen LogP contribution in [-0.2, 0) is 0 Å². The van der Waals surface area contributed by atoms with Gasteiger partial charge in [0.05, 0.1) is 0 Å². The summed E-state index contributed by atoms with van der Waals surface area (Å²) in [5.41, 5.74) is 6.91. The highest BCUT2D eigenvalue weighted by Crippen LogP contribution is 2.41. The van der Waals surface area contributed by atoms with Crippen molar-refractivity contribution in [3.05, 3.63) is 90.6 Å². The molecule has 1 atom stereocenters. The summed E-state index contributed by atoms with van der Waals surface area (Å²) in [7, 11) is 0. The third kappa shape index (κ3) is 2.75. The van der Waals surface area contributed by atoms with Crippen molar-refractivity contribution in [3.8, 4) is 0 Å². The van der Waals surface area contributed by atoms with Gasteiger partial charge >= 0.3 is 0 Å². The SMILES string of the molecule is C=C(CC)C1=CC(=C)C(C(=C)c2ccccc2)C(=C)C1. The van der Waals surface area contributed by atoms with Crippen molar-refractivity contribution >= 4 is 5.57 Å². The largest absolute Gasteiger partial charge is 0.0986 e. The van der Waals surface area contributed by atoms with Crippen LogP contribution in [0.15, 0.2) is 85.0 Å². The molecule has 0 N–H and O–H groups in total. The molecule has 2 rings (SSSR count). The Hall–Kier alpha value is -2.08. The highest BCUT2D eigenvalue weighted by molar-refractivity contribution is 5.73. The van der Waals surface area contributed by atoms with Gasteiger partial charge in [-0.15, -0.1) is 0 Å². The molecule has 1 unspecified atom stereocenters. The van der Waals surface area contributed by atoms with Gasteiger partial charge in [-0.1, -0.05) is 80.8 Å². The molecule has 1 aromatic rings. The van der Waals surface area contributed by atoms with E-state index >= 15 is 0 Å². The maximum atomic E-state index is 4.27. The average Bonchev–Trinajstić information content (AvgIpc) is 2.46. The summed E-state index contributed by atoms with van der Waals surface area (Å²) >= 11 is 0. The lowest BCUT2D eigenvalue weighted by atomic mass is 9.75. The summed E-state index contributed by atoms with van der Waals surface area (Å²) in [6.45, 7) is 19.0. The van der Waals surface area contributed by atoms with Gasteiger partial charge in [0, 0.05) is 5.92 Å². The maximum Gasteiger partial charge on any atom is 0.0293 e. The summed E-state index contributed by atoms with van der Waals surface area (Å²) < 4.78 is 0. The van der Waals surface area contributed by atoms with E-state index in [4.69, 9.17) is 0 Å². The molecular weight excluding hydrogens is 240 g/mol. The van der Waals surface area contributed by atoms with Crippen LogP contribution in [0.5, 0.6) is 0 Å². The number of allylic oxidation sites excluding steroid dienone is 6. The van der Waals surface area contributed by atoms with E-state index in [0.29, 0.717) is 0 Å². The van der Waals surface area contributed by atoms with Crippen molar-refractivity contribution in [2.45, 2.75) is 19.8 Å². The fraction of sp³-hybridized carbons (Fsp3) is 0.200. The first kappa shape index (κ1) is 14.3. The molecule has 0 aromatic heterocycles. The van der Waals surface area contributed by atoms with E-state index in [1.54, 1.807) is 0 Å². The molecule has 1 aliphatic rings. The zero-order valence-electron chi connectivity index (χ0n) is 12.3. The van der Waals surface area contributed by atoms with Crippen LogP contribution in [0.2, 0.25) is 0 Å². The number of rotatable bonds is 4. The molecule has 0 fully saturated rings. The summed E-state index contributed by atoms with van der Waals surface area (Å²) in [5.74, 6) is 0.144. The van der Waals surface area contributed by atoms with E-state index in [1.165, 1.54) is 11.1 Å². The van der Waals surface area contributed by atoms with Gasteiger partial charge < -0.3 is 0 Å². The van der Waals surface area contributed by atoms with Gasteiger partial charge in [-0.25, -0.2) is 0 Å². The Kier molecular flexibility index (Phi) is 4.24. The van der Waals surface area contributed by atoms with Crippen LogP contribution in [0, 0.1) is 5.92 Å². The third-order valence-electron chi connectivity index (χ3n) is 3.93. The topological polar surface area (TPSA) is 0 Å². The average molecular weight is 262 g/mol.